The average molecular weight is 349 g/mol. The lowest BCUT2D eigenvalue weighted by atomic mass is 9.57. The summed E-state index contributed by atoms with van der Waals surface area (Å²) in [5.41, 5.74) is 0.643. The standard InChI is InChI=1S/C16H33BrOSi/c1-15(2,3)16(4,12-18-19(5)6)14-9-7-13(11-17)8-10-14/h13-14,19H,7-12H2,1-6H3. The highest BCUT2D eigenvalue weighted by Crippen LogP contribution is 2.50. The van der Waals surface area contributed by atoms with Crippen LogP contribution in [-0.4, -0.2) is 21.0 Å². The molecule has 1 rings (SSSR count). The Morgan fingerprint density at radius 2 is 1.58 bits per heavy atom. The molecule has 0 amide bonds. The van der Waals surface area contributed by atoms with E-state index in [-0.39, 0.29) is 0 Å². The zero-order chi connectivity index (χ0) is 14.7. The maximum absolute atomic E-state index is 6.17. The van der Waals surface area contributed by atoms with Crippen LogP contribution in [0.1, 0.15) is 53.4 Å². The number of alkyl halides is 1. The first kappa shape index (κ1) is 17.7. The van der Waals surface area contributed by atoms with Crippen LogP contribution < -0.4 is 0 Å². The largest absolute Gasteiger partial charge is 0.420 e. The van der Waals surface area contributed by atoms with E-state index in [4.69, 9.17) is 4.43 Å². The van der Waals surface area contributed by atoms with Crippen molar-refractivity contribution in [3.8, 4) is 0 Å². The van der Waals surface area contributed by atoms with Crippen molar-refractivity contribution in [2.24, 2.45) is 22.7 Å². The van der Waals surface area contributed by atoms with Crippen molar-refractivity contribution >= 4 is 25.0 Å². The van der Waals surface area contributed by atoms with Crippen molar-refractivity contribution in [3.05, 3.63) is 0 Å². The van der Waals surface area contributed by atoms with Crippen molar-refractivity contribution < 1.29 is 4.43 Å². The minimum absolute atomic E-state index is 0.321. The van der Waals surface area contributed by atoms with Crippen LogP contribution in [-0.2, 0) is 4.43 Å². The minimum Gasteiger partial charge on any atom is -0.420 e. The van der Waals surface area contributed by atoms with Gasteiger partial charge >= 0.3 is 0 Å². The smallest absolute Gasteiger partial charge is 0.170 e. The Hall–Kier alpha value is 0.657. The molecule has 0 aromatic carbocycles. The third-order valence-corrected chi connectivity index (χ3v) is 7.14. The Bertz CT molecular complexity index is 266. The van der Waals surface area contributed by atoms with Crippen molar-refractivity contribution in [2.75, 3.05) is 11.9 Å². The lowest BCUT2D eigenvalue weighted by molar-refractivity contribution is -0.0323. The van der Waals surface area contributed by atoms with Gasteiger partial charge < -0.3 is 4.43 Å². The van der Waals surface area contributed by atoms with Crippen LogP contribution >= 0.6 is 15.9 Å². The van der Waals surface area contributed by atoms with Gasteiger partial charge in [0, 0.05) is 11.9 Å². The van der Waals surface area contributed by atoms with Gasteiger partial charge in [0.1, 0.15) is 0 Å². The fraction of sp³-hybridized carbons (Fsp3) is 1.00. The molecule has 1 aliphatic carbocycles. The van der Waals surface area contributed by atoms with E-state index in [1.165, 1.54) is 31.0 Å². The van der Waals surface area contributed by atoms with E-state index >= 15 is 0 Å². The quantitative estimate of drug-likeness (QED) is 0.487. The molecular formula is C16H33BrOSi. The van der Waals surface area contributed by atoms with Crippen LogP contribution in [0.5, 0.6) is 0 Å². The maximum Gasteiger partial charge on any atom is 0.170 e. The second-order valence-electron chi connectivity index (χ2n) is 7.90. The molecule has 0 aromatic rings. The summed E-state index contributed by atoms with van der Waals surface area (Å²) in [5, 5.41) is 1.18. The van der Waals surface area contributed by atoms with Gasteiger partial charge in [0.05, 0.1) is 0 Å². The Balaban J connectivity index is 2.74. The minimum atomic E-state index is -0.922. The summed E-state index contributed by atoms with van der Waals surface area (Å²) >= 11 is 3.65. The van der Waals surface area contributed by atoms with Gasteiger partial charge in [-0.3, -0.25) is 0 Å². The zero-order valence-corrected chi connectivity index (χ0v) is 16.5. The predicted octanol–water partition coefficient (Wildman–Crippen LogP) is 5.24. The SMILES string of the molecule is C[SiH](C)OCC(C)(C1CCC(CBr)CC1)C(C)(C)C. The van der Waals surface area contributed by atoms with Crippen LogP contribution in [0.15, 0.2) is 0 Å². The second-order valence-corrected chi connectivity index (χ2v) is 11.0. The molecule has 1 saturated carbocycles. The van der Waals surface area contributed by atoms with Crippen molar-refractivity contribution in [3.63, 3.8) is 0 Å². The molecule has 1 aliphatic rings. The van der Waals surface area contributed by atoms with E-state index in [0.29, 0.717) is 10.8 Å². The lowest BCUT2D eigenvalue weighted by Crippen LogP contribution is -2.46. The Morgan fingerprint density at radius 3 is 1.95 bits per heavy atom. The summed E-state index contributed by atoms with van der Waals surface area (Å²) in [6, 6.07) is 0. The van der Waals surface area contributed by atoms with Gasteiger partial charge in [-0.05, 0) is 61.4 Å². The molecule has 1 atom stereocenters. The molecule has 0 radical (unpaired) electrons. The normalized spacial score (nSPS) is 28.4. The Kier molecular flexibility index (Phi) is 6.60. The molecule has 114 valence electrons. The molecule has 3 heteroatoms. The first-order chi connectivity index (χ1) is 8.70. The topological polar surface area (TPSA) is 9.23 Å². The number of hydrogen-bond donors (Lipinski definition) is 0. The second kappa shape index (κ2) is 7.08. The van der Waals surface area contributed by atoms with E-state index in [1.807, 2.05) is 0 Å². The molecule has 1 fully saturated rings. The van der Waals surface area contributed by atoms with Gasteiger partial charge in [0.25, 0.3) is 0 Å². The zero-order valence-electron chi connectivity index (χ0n) is 13.8. The summed E-state index contributed by atoms with van der Waals surface area (Å²) in [4.78, 5) is 0. The highest BCUT2D eigenvalue weighted by atomic mass is 79.9. The van der Waals surface area contributed by atoms with Gasteiger partial charge in [-0.15, -0.1) is 0 Å². The molecule has 0 aliphatic heterocycles. The fourth-order valence-electron chi connectivity index (χ4n) is 3.24. The third-order valence-electron chi connectivity index (χ3n) is 5.40. The van der Waals surface area contributed by atoms with E-state index < -0.39 is 9.04 Å². The van der Waals surface area contributed by atoms with Crippen molar-refractivity contribution in [2.45, 2.75) is 66.5 Å². The van der Waals surface area contributed by atoms with Gasteiger partial charge in [-0.25, -0.2) is 0 Å². The van der Waals surface area contributed by atoms with Crippen molar-refractivity contribution in [1.29, 1.82) is 0 Å². The predicted molar refractivity (Wildman–Crippen MR) is 91.6 cm³/mol. The van der Waals surface area contributed by atoms with Crippen LogP contribution in [0, 0.1) is 22.7 Å². The summed E-state index contributed by atoms with van der Waals surface area (Å²) in [6.07, 6.45) is 5.54. The summed E-state index contributed by atoms with van der Waals surface area (Å²) in [7, 11) is -0.922. The van der Waals surface area contributed by atoms with Gasteiger partial charge in [0.15, 0.2) is 9.04 Å². The molecule has 0 N–H and O–H groups in total. The van der Waals surface area contributed by atoms with E-state index in [9.17, 15) is 0 Å². The molecule has 1 nitrogen and oxygen atoms in total. The van der Waals surface area contributed by atoms with Gasteiger partial charge in [0.2, 0.25) is 0 Å². The summed E-state index contributed by atoms with van der Waals surface area (Å²) in [5.74, 6) is 1.73. The number of hydrogen-bond acceptors (Lipinski definition) is 1. The van der Waals surface area contributed by atoms with Crippen LogP contribution in [0.25, 0.3) is 0 Å². The molecule has 19 heavy (non-hydrogen) atoms. The molecule has 0 bridgehead atoms. The molecule has 1 unspecified atom stereocenters. The van der Waals surface area contributed by atoms with Crippen molar-refractivity contribution in [1.82, 2.24) is 0 Å². The van der Waals surface area contributed by atoms with Crippen LogP contribution in [0.2, 0.25) is 13.1 Å². The van der Waals surface area contributed by atoms with Gasteiger partial charge in [-0.2, -0.15) is 0 Å². The van der Waals surface area contributed by atoms with Crippen LogP contribution in [0.4, 0.5) is 0 Å². The van der Waals surface area contributed by atoms with Gasteiger partial charge in [-0.1, -0.05) is 43.6 Å². The fourth-order valence-corrected chi connectivity index (χ4v) is 4.57. The maximum atomic E-state index is 6.17. The number of rotatable bonds is 5. The highest BCUT2D eigenvalue weighted by molar-refractivity contribution is 9.09. The van der Waals surface area contributed by atoms with E-state index in [0.717, 1.165) is 18.4 Å². The molecule has 0 aromatic heterocycles. The first-order valence-corrected chi connectivity index (χ1v) is 11.8. The molecular weight excluding hydrogens is 316 g/mol. The van der Waals surface area contributed by atoms with Crippen LogP contribution in [0.3, 0.4) is 0 Å². The monoisotopic (exact) mass is 348 g/mol. The Morgan fingerprint density at radius 1 is 1.05 bits per heavy atom. The lowest BCUT2D eigenvalue weighted by Gasteiger charge is -2.50. The third kappa shape index (κ3) is 4.57. The molecule has 0 heterocycles. The Labute approximate surface area is 130 Å². The molecule has 0 spiro atoms. The van der Waals surface area contributed by atoms with E-state index in [2.05, 4.69) is 56.7 Å². The highest BCUT2D eigenvalue weighted by Gasteiger charge is 2.45. The average Bonchev–Trinajstić information content (AvgIpc) is 2.34. The molecule has 0 saturated heterocycles. The number of halogens is 1. The summed E-state index contributed by atoms with van der Waals surface area (Å²) in [6.45, 7) is 15.2. The summed E-state index contributed by atoms with van der Waals surface area (Å²) < 4.78 is 6.17. The first-order valence-electron chi connectivity index (χ1n) is 7.88. The van der Waals surface area contributed by atoms with E-state index in [1.54, 1.807) is 0 Å².